The zero-order valence-corrected chi connectivity index (χ0v) is 22.6. The maximum absolute atomic E-state index is 13.8. The Kier molecular flexibility index (Phi) is 9.69. The van der Waals surface area contributed by atoms with Crippen LogP contribution in [0.15, 0.2) is 52.2 Å². The van der Waals surface area contributed by atoms with E-state index in [4.69, 9.17) is 24.3 Å². The van der Waals surface area contributed by atoms with E-state index in [1.54, 1.807) is 30.3 Å². The highest BCUT2D eigenvalue weighted by molar-refractivity contribution is 7.52. The predicted octanol–water partition coefficient (Wildman–Crippen LogP) is 1.43. The number of esters is 1. The fourth-order valence-electron chi connectivity index (χ4n) is 3.93. The Morgan fingerprint density at radius 3 is 2.53 bits per heavy atom. The van der Waals surface area contributed by atoms with Gasteiger partial charge in [0.05, 0.1) is 12.1 Å². The smallest absolute Gasteiger partial charge is 0.459 e. The molecule has 1 saturated heterocycles. The van der Waals surface area contributed by atoms with Crippen LogP contribution in [0.2, 0.25) is 0 Å². The minimum atomic E-state index is -4.24. The number of nitrogens with zero attached hydrogens (tertiary/aromatic N) is 1. The molecule has 210 valence electrons. The van der Waals surface area contributed by atoms with E-state index in [1.807, 2.05) is 13.8 Å². The fourth-order valence-corrected chi connectivity index (χ4v) is 5.44. The van der Waals surface area contributed by atoms with Crippen molar-refractivity contribution in [3.63, 3.8) is 0 Å². The van der Waals surface area contributed by atoms with Crippen molar-refractivity contribution < 1.29 is 33.0 Å². The predicted molar refractivity (Wildman–Crippen MR) is 138 cm³/mol. The second kappa shape index (κ2) is 12.4. The number of hydrogen-bond acceptors (Lipinski definition) is 10. The Morgan fingerprint density at radius 2 is 1.92 bits per heavy atom. The number of carbonyl (C=O) groups is 1. The first kappa shape index (κ1) is 29.8. The zero-order valence-electron chi connectivity index (χ0n) is 21.7. The average Bonchev–Trinajstić information content (AvgIpc) is 3.09. The third-order valence-electron chi connectivity index (χ3n) is 6.21. The third-order valence-corrected chi connectivity index (χ3v) is 7.85. The fraction of sp³-hybridized carbons (Fsp3) is 0.542. The van der Waals surface area contributed by atoms with Gasteiger partial charge in [-0.25, -0.2) is 9.36 Å². The minimum Gasteiger partial charge on any atom is -0.461 e. The first-order valence-electron chi connectivity index (χ1n) is 12.3. The molecule has 2 aromatic rings. The Bertz CT molecular complexity index is 1250. The van der Waals surface area contributed by atoms with Gasteiger partial charge in [-0.15, -0.1) is 0 Å². The summed E-state index contributed by atoms with van der Waals surface area (Å²) in [5, 5.41) is 13.4. The Morgan fingerprint density at radius 1 is 1.26 bits per heavy atom. The topological polar surface area (TPSA) is 184 Å². The maximum Gasteiger partial charge on any atom is 0.459 e. The van der Waals surface area contributed by atoms with Gasteiger partial charge in [-0.05, 0) is 38.8 Å². The normalized spacial score (nSPS) is 25.6. The van der Waals surface area contributed by atoms with Gasteiger partial charge in [0.2, 0.25) is 0 Å². The number of ether oxygens (including phenoxy) is 2. The maximum atomic E-state index is 13.8. The highest BCUT2D eigenvalue weighted by Gasteiger charge is 2.52. The number of para-hydroxylation sites is 1. The second-order valence-corrected chi connectivity index (χ2v) is 11.0. The van der Waals surface area contributed by atoms with Crippen molar-refractivity contribution in [3.8, 4) is 5.75 Å². The highest BCUT2D eigenvalue weighted by atomic mass is 31.2. The van der Waals surface area contributed by atoms with Gasteiger partial charge in [-0.2, -0.15) is 5.09 Å². The van der Waals surface area contributed by atoms with Crippen LogP contribution in [0.3, 0.4) is 0 Å². The van der Waals surface area contributed by atoms with Crippen LogP contribution in [0.25, 0.3) is 0 Å². The molecule has 5 N–H and O–H groups in total. The number of aromatic nitrogens is 2. The summed E-state index contributed by atoms with van der Waals surface area (Å²) in [7, 11) is -4.24. The van der Waals surface area contributed by atoms with Crippen molar-refractivity contribution in [2.45, 2.75) is 76.7 Å². The van der Waals surface area contributed by atoms with Crippen LogP contribution in [0.4, 0.5) is 0 Å². The van der Waals surface area contributed by atoms with E-state index in [9.17, 15) is 24.1 Å². The molecule has 1 unspecified atom stereocenters. The molecule has 14 heteroatoms. The lowest BCUT2D eigenvalue weighted by molar-refractivity contribution is -0.151. The molecule has 0 amide bonds. The molecule has 1 aliphatic heterocycles. The summed E-state index contributed by atoms with van der Waals surface area (Å²) in [6, 6.07) is 8.24. The molecule has 1 aromatic heterocycles. The van der Waals surface area contributed by atoms with Gasteiger partial charge in [0.1, 0.15) is 30.1 Å². The summed E-state index contributed by atoms with van der Waals surface area (Å²) >= 11 is 0. The van der Waals surface area contributed by atoms with Crippen LogP contribution in [0, 0.1) is 0 Å². The number of aliphatic hydroxyl groups excluding tert-OH is 1. The SMILES string of the molecule is CCC(CC)OC(=O)[C@H](C)NP(=O)(OC[C@H]1O[C@@H](n2ccc(=O)[nH]c2=O)[C@](C)(N)[C@@H]1O)Oc1ccccc1. The van der Waals surface area contributed by atoms with E-state index in [0.29, 0.717) is 12.8 Å². The number of aromatic amines is 1. The van der Waals surface area contributed by atoms with Crippen LogP contribution in [0.5, 0.6) is 5.75 Å². The molecule has 6 atom stereocenters. The summed E-state index contributed by atoms with van der Waals surface area (Å²) in [6.45, 7) is 6.23. The molecular formula is C24H35N4O9P. The molecule has 1 aliphatic rings. The number of aliphatic hydroxyl groups is 1. The monoisotopic (exact) mass is 554 g/mol. The first-order valence-corrected chi connectivity index (χ1v) is 13.9. The molecule has 1 aromatic carbocycles. The summed E-state index contributed by atoms with van der Waals surface area (Å²) < 4.78 is 37.3. The molecule has 38 heavy (non-hydrogen) atoms. The summed E-state index contributed by atoms with van der Waals surface area (Å²) in [5.74, 6) is -0.429. The average molecular weight is 555 g/mol. The number of benzene rings is 1. The summed E-state index contributed by atoms with van der Waals surface area (Å²) in [4.78, 5) is 38.4. The third kappa shape index (κ3) is 6.99. The molecule has 13 nitrogen and oxygen atoms in total. The standard InChI is InChI=1S/C24H35N4O9P/c1-5-16(6-2)35-21(31)15(3)27-38(33,37-17-10-8-7-9-11-17)34-14-18-20(30)24(4,25)22(36-18)28-13-12-19(29)26-23(28)32/h7-13,15-16,18,20,22,30H,5-6,14,25H2,1-4H3,(H,27,33)(H,26,29,32)/t15-,18+,20+,22+,24+,38?/m0/s1. The number of rotatable bonds is 12. The lowest BCUT2D eigenvalue weighted by Crippen LogP contribution is -2.53. The highest BCUT2D eigenvalue weighted by Crippen LogP contribution is 2.46. The molecule has 0 bridgehead atoms. The molecular weight excluding hydrogens is 519 g/mol. The van der Waals surface area contributed by atoms with E-state index in [1.165, 1.54) is 20.0 Å². The van der Waals surface area contributed by atoms with Crippen molar-refractivity contribution in [3.05, 3.63) is 63.4 Å². The van der Waals surface area contributed by atoms with Crippen LogP contribution in [-0.4, -0.2) is 57.1 Å². The number of nitrogens with two attached hydrogens (primary N) is 1. The van der Waals surface area contributed by atoms with E-state index in [-0.39, 0.29) is 11.9 Å². The van der Waals surface area contributed by atoms with Gasteiger partial charge in [0, 0.05) is 12.3 Å². The van der Waals surface area contributed by atoms with Gasteiger partial charge < -0.3 is 24.8 Å². The van der Waals surface area contributed by atoms with Crippen LogP contribution < -0.4 is 26.6 Å². The van der Waals surface area contributed by atoms with Crippen molar-refractivity contribution in [1.82, 2.24) is 14.6 Å². The zero-order chi connectivity index (χ0) is 28.1. The quantitative estimate of drug-likeness (QED) is 0.220. The Hall–Kier alpha value is -2.80. The van der Waals surface area contributed by atoms with Crippen LogP contribution in [-0.2, 0) is 23.4 Å². The molecule has 1 fully saturated rings. The Balaban J connectivity index is 1.79. The number of H-pyrrole nitrogens is 1. The molecule has 0 aliphatic carbocycles. The van der Waals surface area contributed by atoms with Gasteiger partial charge in [0.15, 0.2) is 6.23 Å². The van der Waals surface area contributed by atoms with E-state index in [0.717, 1.165) is 10.6 Å². The molecule has 0 radical (unpaired) electrons. The van der Waals surface area contributed by atoms with Crippen LogP contribution in [0.1, 0.15) is 46.8 Å². The van der Waals surface area contributed by atoms with Gasteiger partial charge in [-0.1, -0.05) is 32.0 Å². The van der Waals surface area contributed by atoms with E-state index >= 15 is 0 Å². The largest absolute Gasteiger partial charge is 0.461 e. The number of nitrogens with one attached hydrogen (secondary N) is 2. The van der Waals surface area contributed by atoms with Crippen molar-refractivity contribution in [1.29, 1.82) is 0 Å². The molecule has 2 heterocycles. The van der Waals surface area contributed by atoms with E-state index in [2.05, 4.69) is 10.1 Å². The van der Waals surface area contributed by atoms with Crippen molar-refractivity contribution in [2.24, 2.45) is 5.73 Å². The summed E-state index contributed by atoms with van der Waals surface area (Å²) in [5.41, 5.74) is 3.42. The lowest BCUT2D eigenvalue weighted by atomic mass is 9.93. The number of hydrogen-bond donors (Lipinski definition) is 4. The lowest BCUT2D eigenvalue weighted by Gasteiger charge is -2.28. The first-order chi connectivity index (χ1) is 17.9. The van der Waals surface area contributed by atoms with Gasteiger partial charge >= 0.3 is 19.4 Å². The summed E-state index contributed by atoms with van der Waals surface area (Å²) in [6.07, 6.45) is -1.53. The number of carbonyl (C=O) groups excluding carboxylic acids is 1. The minimum absolute atomic E-state index is 0.207. The molecule has 0 saturated carbocycles. The van der Waals surface area contributed by atoms with Crippen molar-refractivity contribution >= 4 is 13.7 Å². The van der Waals surface area contributed by atoms with Crippen molar-refractivity contribution in [2.75, 3.05) is 6.61 Å². The molecule has 0 spiro atoms. The Labute approximate surface area is 219 Å². The van der Waals surface area contributed by atoms with Gasteiger partial charge in [0.25, 0.3) is 5.56 Å². The molecule has 3 rings (SSSR count). The van der Waals surface area contributed by atoms with Gasteiger partial charge in [-0.3, -0.25) is 23.7 Å². The second-order valence-electron chi connectivity index (χ2n) is 9.28. The van der Waals surface area contributed by atoms with E-state index < -0.39 is 61.6 Å². The van der Waals surface area contributed by atoms with Crippen LogP contribution >= 0.6 is 7.75 Å².